The van der Waals surface area contributed by atoms with Crippen LogP contribution < -0.4 is 0 Å². The van der Waals surface area contributed by atoms with Crippen molar-refractivity contribution in [2.75, 3.05) is 6.61 Å². The minimum Gasteiger partial charge on any atom is -0.403 e. The topological polar surface area (TPSA) is 27.7 Å². The van der Waals surface area contributed by atoms with E-state index in [1.807, 2.05) is 0 Å². The highest BCUT2D eigenvalue weighted by Crippen LogP contribution is 2.42. The molecule has 1 fully saturated rings. The fraction of sp³-hybridized carbons (Fsp3) is 0.467. The van der Waals surface area contributed by atoms with Crippen molar-refractivity contribution in [3.05, 3.63) is 83.9 Å². The first kappa shape index (κ1) is 25.0. The van der Waals surface area contributed by atoms with Gasteiger partial charge in [0, 0.05) is 6.61 Å². The van der Waals surface area contributed by atoms with Gasteiger partial charge in [-0.1, -0.05) is 79.6 Å². The Morgan fingerprint density at radius 3 is 2.15 bits per heavy atom. The molecule has 0 spiro atoms. The lowest BCUT2D eigenvalue weighted by Crippen LogP contribution is -2.41. The lowest BCUT2D eigenvalue weighted by molar-refractivity contribution is 0.00578. The van der Waals surface area contributed by atoms with Crippen LogP contribution in [0.2, 0.25) is 5.82 Å². The molecule has 3 aromatic carbocycles. The Labute approximate surface area is 206 Å². The Hall–Kier alpha value is -2.14. The summed E-state index contributed by atoms with van der Waals surface area (Å²) in [5, 5.41) is 2.53. The third-order valence-corrected chi connectivity index (χ3v) is 7.51. The quantitative estimate of drug-likeness (QED) is 0.218. The number of hydrogen-bond acceptors (Lipinski definition) is 3. The minimum atomic E-state index is -0.300. The molecule has 1 aliphatic rings. The molecule has 0 radical (unpaired) electrons. The average Bonchev–Trinajstić information content (AvgIpc) is 3.05. The maximum absolute atomic E-state index is 6.43. The number of hydrogen-bond donors (Lipinski definition) is 0. The number of fused-ring (bicyclic) bond motifs is 1. The van der Waals surface area contributed by atoms with Crippen LogP contribution in [0.25, 0.3) is 10.8 Å². The molecule has 1 atom stereocenters. The molecular formula is C30H39BO3. The second-order valence-electron chi connectivity index (χ2n) is 10.6. The zero-order valence-electron chi connectivity index (χ0n) is 21.3. The zero-order chi connectivity index (χ0) is 24.0. The van der Waals surface area contributed by atoms with Crippen molar-refractivity contribution in [3.63, 3.8) is 0 Å². The van der Waals surface area contributed by atoms with Crippen LogP contribution in [0.1, 0.15) is 64.5 Å². The van der Waals surface area contributed by atoms with E-state index in [-0.39, 0.29) is 18.3 Å². The Bertz CT molecular complexity index is 1030. The summed E-state index contributed by atoms with van der Waals surface area (Å²) in [4.78, 5) is 0. The van der Waals surface area contributed by atoms with E-state index in [0.29, 0.717) is 19.0 Å². The van der Waals surface area contributed by atoms with E-state index < -0.39 is 0 Å². The van der Waals surface area contributed by atoms with Gasteiger partial charge in [0.25, 0.3) is 0 Å². The highest BCUT2D eigenvalue weighted by Gasteiger charge is 2.53. The standard InChI is InChI=1S/C30H39BO3/c1-29(2)30(3,4)34-31(33-29)28(17-11-8-14-24-12-6-5-7-13-24)20-21-32-23-25-18-19-26-15-9-10-16-27(26)22-25/h5-7,9-10,12-13,15-16,18-19,22,28H,8,11,14,17,20-21,23H2,1-4H3. The first-order valence-electron chi connectivity index (χ1n) is 12.8. The monoisotopic (exact) mass is 458 g/mol. The molecule has 1 unspecified atom stereocenters. The first-order valence-corrected chi connectivity index (χ1v) is 12.8. The highest BCUT2D eigenvalue weighted by molar-refractivity contribution is 6.47. The van der Waals surface area contributed by atoms with Crippen molar-refractivity contribution in [3.8, 4) is 0 Å². The predicted octanol–water partition coefficient (Wildman–Crippen LogP) is 7.62. The lowest BCUT2D eigenvalue weighted by atomic mass is 9.67. The van der Waals surface area contributed by atoms with Gasteiger partial charge >= 0.3 is 7.12 Å². The summed E-state index contributed by atoms with van der Waals surface area (Å²) in [6.45, 7) is 9.88. The van der Waals surface area contributed by atoms with Crippen molar-refractivity contribution < 1.29 is 14.0 Å². The number of rotatable bonds is 11. The first-order chi connectivity index (χ1) is 16.3. The van der Waals surface area contributed by atoms with Gasteiger partial charge in [0.2, 0.25) is 0 Å². The highest BCUT2D eigenvalue weighted by atomic mass is 16.7. The summed E-state index contributed by atoms with van der Waals surface area (Å²) < 4.78 is 19.0. The normalized spacial score (nSPS) is 17.8. The third-order valence-electron chi connectivity index (χ3n) is 7.51. The van der Waals surface area contributed by atoms with E-state index in [0.717, 1.165) is 25.7 Å². The molecule has 0 amide bonds. The molecule has 0 N–H and O–H groups in total. The van der Waals surface area contributed by atoms with Crippen molar-refractivity contribution in [2.24, 2.45) is 0 Å². The number of ether oxygens (including phenoxy) is 1. The van der Waals surface area contributed by atoms with Crippen LogP contribution in [-0.4, -0.2) is 24.9 Å². The zero-order valence-corrected chi connectivity index (χ0v) is 21.3. The molecule has 34 heavy (non-hydrogen) atoms. The van der Waals surface area contributed by atoms with E-state index in [1.165, 1.54) is 28.3 Å². The molecule has 4 heteroatoms. The molecule has 3 aromatic rings. The molecular weight excluding hydrogens is 419 g/mol. The predicted molar refractivity (Wildman–Crippen MR) is 142 cm³/mol. The van der Waals surface area contributed by atoms with Crippen LogP contribution in [0.4, 0.5) is 0 Å². The van der Waals surface area contributed by atoms with E-state index >= 15 is 0 Å². The fourth-order valence-electron chi connectivity index (χ4n) is 4.63. The van der Waals surface area contributed by atoms with Crippen LogP contribution in [-0.2, 0) is 27.1 Å². The van der Waals surface area contributed by atoms with Crippen molar-refractivity contribution in [1.82, 2.24) is 0 Å². The maximum Gasteiger partial charge on any atom is 0.461 e. The van der Waals surface area contributed by atoms with Gasteiger partial charge in [0.1, 0.15) is 0 Å². The van der Waals surface area contributed by atoms with Crippen LogP contribution in [0.3, 0.4) is 0 Å². The molecule has 0 bridgehead atoms. The summed E-state index contributed by atoms with van der Waals surface area (Å²) in [6, 6.07) is 25.8. The summed E-state index contributed by atoms with van der Waals surface area (Å²) in [5.74, 6) is 0.327. The van der Waals surface area contributed by atoms with E-state index in [9.17, 15) is 0 Å². The summed E-state index contributed by atoms with van der Waals surface area (Å²) >= 11 is 0. The van der Waals surface area contributed by atoms with Crippen molar-refractivity contribution in [1.29, 1.82) is 0 Å². The fourth-order valence-corrected chi connectivity index (χ4v) is 4.63. The number of unbranched alkanes of at least 4 members (excludes halogenated alkanes) is 1. The van der Waals surface area contributed by atoms with Crippen LogP contribution in [0, 0.1) is 0 Å². The lowest BCUT2D eigenvalue weighted by Gasteiger charge is -2.32. The second-order valence-corrected chi connectivity index (χ2v) is 10.6. The molecule has 1 saturated heterocycles. The van der Waals surface area contributed by atoms with Gasteiger partial charge in [-0.05, 0) is 80.7 Å². The largest absolute Gasteiger partial charge is 0.461 e. The summed E-state index contributed by atoms with van der Waals surface area (Å²) in [7, 11) is -0.175. The Kier molecular flexibility index (Phi) is 8.13. The van der Waals surface area contributed by atoms with E-state index in [2.05, 4.69) is 100 Å². The third kappa shape index (κ3) is 6.30. The van der Waals surface area contributed by atoms with Crippen molar-refractivity contribution >= 4 is 17.9 Å². The van der Waals surface area contributed by atoms with Gasteiger partial charge in [0.05, 0.1) is 17.8 Å². The van der Waals surface area contributed by atoms with Gasteiger partial charge in [0.15, 0.2) is 0 Å². The van der Waals surface area contributed by atoms with Crippen molar-refractivity contribution in [2.45, 2.75) is 83.4 Å². The van der Waals surface area contributed by atoms with Gasteiger partial charge < -0.3 is 14.0 Å². The molecule has 4 rings (SSSR count). The van der Waals surface area contributed by atoms with Crippen LogP contribution >= 0.6 is 0 Å². The van der Waals surface area contributed by atoms with Crippen LogP contribution in [0.5, 0.6) is 0 Å². The van der Waals surface area contributed by atoms with Gasteiger partial charge in [-0.25, -0.2) is 0 Å². The minimum absolute atomic E-state index is 0.175. The number of benzene rings is 3. The van der Waals surface area contributed by atoms with Crippen LogP contribution in [0.15, 0.2) is 72.8 Å². The molecule has 1 heterocycles. The Morgan fingerprint density at radius 2 is 1.41 bits per heavy atom. The Balaban J connectivity index is 1.30. The summed E-state index contributed by atoms with van der Waals surface area (Å²) in [5.41, 5.74) is 2.03. The number of aryl methyl sites for hydroxylation is 1. The van der Waals surface area contributed by atoms with Gasteiger partial charge in [-0.2, -0.15) is 0 Å². The molecule has 0 aliphatic carbocycles. The molecule has 1 aliphatic heterocycles. The molecule has 180 valence electrons. The molecule has 0 saturated carbocycles. The Morgan fingerprint density at radius 1 is 0.735 bits per heavy atom. The van der Waals surface area contributed by atoms with E-state index in [1.54, 1.807) is 0 Å². The molecule has 3 nitrogen and oxygen atoms in total. The smallest absolute Gasteiger partial charge is 0.403 e. The summed E-state index contributed by atoms with van der Waals surface area (Å²) in [6.07, 6.45) is 5.49. The molecule has 0 aromatic heterocycles. The van der Waals surface area contributed by atoms with Gasteiger partial charge in [-0.15, -0.1) is 0 Å². The maximum atomic E-state index is 6.43. The second kappa shape index (κ2) is 11.1. The van der Waals surface area contributed by atoms with E-state index in [4.69, 9.17) is 14.0 Å². The van der Waals surface area contributed by atoms with Gasteiger partial charge in [-0.3, -0.25) is 0 Å². The SMILES string of the molecule is CC1(C)OB(C(CCCCc2ccccc2)CCOCc2ccc3ccccc3c2)OC1(C)C. The average molecular weight is 458 g/mol.